The molecule has 1 aromatic heterocycles. The number of aromatic hydroxyl groups is 1. The zero-order valence-corrected chi connectivity index (χ0v) is 23.4. The number of methoxy groups -OCH3 is 1. The summed E-state index contributed by atoms with van der Waals surface area (Å²) in [6, 6.07) is 21.4. The molecule has 4 aromatic carbocycles. The SMILES string of the molecule is COc1cccc([C@@H]2CC(=O)Oc3ccc4c(=O)c(-c5ccc(O)cc5)coc4c32)c1OCCc1ccc2c(c1)CCO2. The van der Waals surface area contributed by atoms with E-state index in [0.29, 0.717) is 64.5 Å². The van der Waals surface area contributed by atoms with Crippen LogP contribution in [0.5, 0.6) is 28.7 Å². The van der Waals surface area contributed by atoms with Crippen molar-refractivity contribution in [3.8, 4) is 39.9 Å². The van der Waals surface area contributed by atoms with Crippen LogP contribution in [-0.2, 0) is 17.6 Å². The summed E-state index contributed by atoms with van der Waals surface area (Å²) in [6.45, 7) is 1.09. The molecule has 2 aliphatic heterocycles. The van der Waals surface area contributed by atoms with Gasteiger partial charge < -0.3 is 28.5 Å². The lowest BCUT2D eigenvalue weighted by atomic mass is 9.84. The van der Waals surface area contributed by atoms with Crippen molar-refractivity contribution < 1.29 is 33.3 Å². The molecule has 8 nitrogen and oxygen atoms in total. The third-order valence-corrected chi connectivity index (χ3v) is 8.06. The number of fused-ring (bicyclic) bond motifs is 4. The Kier molecular flexibility index (Phi) is 6.74. The molecule has 5 aromatic rings. The van der Waals surface area contributed by atoms with E-state index in [9.17, 15) is 14.7 Å². The summed E-state index contributed by atoms with van der Waals surface area (Å²) in [6.07, 6.45) is 3.02. The number of benzene rings is 4. The molecule has 2 aliphatic rings. The molecule has 8 heteroatoms. The Bertz CT molecular complexity index is 1920. The monoisotopic (exact) mass is 576 g/mol. The molecule has 1 N–H and O–H groups in total. The van der Waals surface area contributed by atoms with Crippen LogP contribution in [0, 0.1) is 0 Å². The Balaban J connectivity index is 1.27. The second-order valence-corrected chi connectivity index (χ2v) is 10.6. The van der Waals surface area contributed by atoms with Crippen LogP contribution >= 0.6 is 0 Å². The number of esters is 1. The van der Waals surface area contributed by atoms with Crippen LogP contribution in [0.3, 0.4) is 0 Å². The van der Waals surface area contributed by atoms with Crippen LogP contribution in [0.4, 0.5) is 0 Å². The van der Waals surface area contributed by atoms with Gasteiger partial charge in [0.15, 0.2) is 11.5 Å². The highest BCUT2D eigenvalue weighted by atomic mass is 16.5. The van der Waals surface area contributed by atoms with Gasteiger partial charge in [-0.15, -0.1) is 0 Å². The van der Waals surface area contributed by atoms with Gasteiger partial charge in [-0.05, 0) is 53.1 Å². The van der Waals surface area contributed by atoms with E-state index in [4.69, 9.17) is 23.4 Å². The molecule has 0 aliphatic carbocycles. The van der Waals surface area contributed by atoms with Gasteiger partial charge >= 0.3 is 5.97 Å². The zero-order chi connectivity index (χ0) is 29.5. The minimum absolute atomic E-state index is 0.0316. The lowest BCUT2D eigenvalue weighted by molar-refractivity contribution is -0.135. The van der Waals surface area contributed by atoms with Crippen LogP contribution in [0.2, 0.25) is 0 Å². The lowest BCUT2D eigenvalue weighted by Gasteiger charge is -2.27. The van der Waals surface area contributed by atoms with Gasteiger partial charge in [-0.25, -0.2) is 0 Å². The van der Waals surface area contributed by atoms with Crippen LogP contribution < -0.4 is 24.4 Å². The molecule has 43 heavy (non-hydrogen) atoms. The fourth-order valence-corrected chi connectivity index (χ4v) is 5.95. The minimum atomic E-state index is -0.509. The van der Waals surface area contributed by atoms with E-state index >= 15 is 0 Å². The number of phenolic OH excluding ortho intramolecular Hbond substituents is 1. The average molecular weight is 577 g/mol. The summed E-state index contributed by atoms with van der Waals surface area (Å²) in [4.78, 5) is 26.5. The number of carbonyl (C=O) groups excluding carboxylic acids is 1. The topological polar surface area (TPSA) is 104 Å². The molecule has 0 amide bonds. The lowest BCUT2D eigenvalue weighted by Crippen LogP contribution is -2.22. The van der Waals surface area contributed by atoms with Gasteiger partial charge in [0, 0.05) is 29.9 Å². The van der Waals surface area contributed by atoms with Crippen molar-refractivity contribution in [3.63, 3.8) is 0 Å². The molecular weight excluding hydrogens is 548 g/mol. The molecular formula is C35H28O8. The number of hydrogen-bond acceptors (Lipinski definition) is 8. The second kappa shape index (κ2) is 10.9. The highest BCUT2D eigenvalue weighted by molar-refractivity contribution is 5.90. The van der Waals surface area contributed by atoms with E-state index in [2.05, 4.69) is 6.07 Å². The molecule has 0 saturated carbocycles. The molecule has 0 saturated heterocycles. The van der Waals surface area contributed by atoms with E-state index in [-0.39, 0.29) is 17.6 Å². The number of phenols is 1. The fraction of sp³-hybridized carbons (Fsp3) is 0.200. The Hall–Kier alpha value is -5.24. The van der Waals surface area contributed by atoms with E-state index < -0.39 is 11.9 Å². The summed E-state index contributed by atoms with van der Waals surface area (Å²) < 4.78 is 29.5. The van der Waals surface area contributed by atoms with E-state index in [1.165, 1.54) is 24.0 Å². The molecule has 0 unspecified atom stereocenters. The van der Waals surface area contributed by atoms with Crippen molar-refractivity contribution >= 4 is 16.9 Å². The van der Waals surface area contributed by atoms with Gasteiger partial charge in [-0.2, -0.15) is 0 Å². The fourth-order valence-electron chi connectivity index (χ4n) is 5.95. The summed E-state index contributed by atoms with van der Waals surface area (Å²) in [5, 5.41) is 10.0. The quantitative estimate of drug-likeness (QED) is 0.181. The van der Waals surface area contributed by atoms with Crippen molar-refractivity contribution in [2.45, 2.75) is 25.2 Å². The highest BCUT2D eigenvalue weighted by Gasteiger charge is 2.34. The standard InChI is InChI=1S/C35H28O8/c1-39-30-4-2-3-24(34(30)41-15-13-20-5-11-28-22(17-20)14-16-40-28)26-18-31(37)43-29-12-10-25-33(38)27(19-42-35(25)32(26)29)21-6-8-23(36)9-7-21/h2-12,17,19,26,36H,13-16,18H2,1H3/t26-/m0/s1. The highest BCUT2D eigenvalue weighted by Crippen LogP contribution is 2.47. The molecule has 0 bridgehead atoms. The number of para-hydroxylation sites is 1. The van der Waals surface area contributed by atoms with Crippen molar-refractivity contribution in [1.82, 2.24) is 0 Å². The second-order valence-electron chi connectivity index (χ2n) is 10.6. The maximum Gasteiger partial charge on any atom is 0.312 e. The van der Waals surface area contributed by atoms with Gasteiger partial charge in [-0.1, -0.05) is 36.4 Å². The molecule has 1 atom stereocenters. The number of hydrogen-bond donors (Lipinski definition) is 1. The number of carbonyl (C=O) groups is 1. The summed E-state index contributed by atoms with van der Waals surface area (Å²) in [5.74, 6) is 1.54. The Morgan fingerprint density at radius 3 is 2.65 bits per heavy atom. The first kappa shape index (κ1) is 26.6. The maximum atomic E-state index is 13.6. The van der Waals surface area contributed by atoms with Crippen molar-refractivity contribution in [1.29, 1.82) is 0 Å². The van der Waals surface area contributed by atoms with Crippen LogP contribution in [-0.4, -0.2) is 31.4 Å². The summed E-state index contributed by atoms with van der Waals surface area (Å²) >= 11 is 0. The van der Waals surface area contributed by atoms with Gasteiger partial charge in [0.05, 0.1) is 37.7 Å². The number of rotatable bonds is 7. The van der Waals surface area contributed by atoms with E-state index in [1.807, 2.05) is 30.3 Å². The predicted molar refractivity (Wildman–Crippen MR) is 160 cm³/mol. The molecule has 0 spiro atoms. The van der Waals surface area contributed by atoms with Crippen molar-refractivity contribution in [2.75, 3.05) is 20.3 Å². The largest absolute Gasteiger partial charge is 0.508 e. The average Bonchev–Trinajstić information content (AvgIpc) is 3.49. The molecule has 3 heterocycles. The molecule has 7 rings (SSSR count). The maximum absolute atomic E-state index is 13.6. The van der Waals surface area contributed by atoms with Gasteiger partial charge in [-0.3, -0.25) is 9.59 Å². The first-order valence-electron chi connectivity index (χ1n) is 14.1. The first-order chi connectivity index (χ1) is 21.0. The first-order valence-corrected chi connectivity index (χ1v) is 14.1. The van der Waals surface area contributed by atoms with E-state index in [0.717, 1.165) is 23.3 Å². The van der Waals surface area contributed by atoms with Crippen LogP contribution in [0.25, 0.3) is 22.1 Å². The normalized spacial score (nSPS) is 15.4. The smallest absolute Gasteiger partial charge is 0.312 e. The molecule has 216 valence electrons. The summed E-state index contributed by atoms with van der Waals surface area (Å²) in [7, 11) is 1.58. The summed E-state index contributed by atoms with van der Waals surface area (Å²) in [5.41, 5.74) is 4.78. The molecule has 0 radical (unpaired) electrons. The van der Waals surface area contributed by atoms with Crippen molar-refractivity contribution in [2.24, 2.45) is 0 Å². The number of ether oxygens (including phenoxy) is 4. The van der Waals surface area contributed by atoms with Crippen molar-refractivity contribution in [3.05, 3.63) is 112 Å². The third-order valence-electron chi connectivity index (χ3n) is 8.06. The Morgan fingerprint density at radius 1 is 0.977 bits per heavy atom. The van der Waals surface area contributed by atoms with E-state index in [1.54, 1.807) is 31.4 Å². The third kappa shape index (κ3) is 4.84. The predicted octanol–water partition coefficient (Wildman–Crippen LogP) is 6.17. The van der Waals surface area contributed by atoms with Crippen LogP contribution in [0.15, 0.2) is 88.3 Å². The zero-order valence-electron chi connectivity index (χ0n) is 23.4. The van der Waals surface area contributed by atoms with Crippen LogP contribution in [0.1, 0.15) is 34.6 Å². The van der Waals surface area contributed by atoms with Gasteiger partial charge in [0.25, 0.3) is 0 Å². The van der Waals surface area contributed by atoms with Gasteiger partial charge in [0.2, 0.25) is 5.43 Å². The van der Waals surface area contributed by atoms with Gasteiger partial charge in [0.1, 0.15) is 29.1 Å². The Labute approximate surface area is 247 Å². The molecule has 0 fully saturated rings. The minimum Gasteiger partial charge on any atom is -0.508 e. The Morgan fingerprint density at radius 2 is 1.81 bits per heavy atom.